The smallest absolute Gasteiger partial charge is 0.329 e. The fourth-order valence-corrected chi connectivity index (χ4v) is 0.979. The largest absolute Gasteiger partial charge is 0.480 e. The fraction of sp³-hybridized carbons (Fsp3) is 0.500. The van der Waals surface area contributed by atoms with Gasteiger partial charge in [0.15, 0.2) is 0 Å². The van der Waals surface area contributed by atoms with Crippen molar-refractivity contribution in [2.45, 2.75) is 12.5 Å². The van der Waals surface area contributed by atoms with Crippen molar-refractivity contribution >= 4 is 13.6 Å². The van der Waals surface area contributed by atoms with Crippen LogP contribution in [0.5, 0.6) is 0 Å². The number of aliphatic carboxylic acids is 1. The van der Waals surface area contributed by atoms with Crippen LogP contribution in [0, 0.1) is 0 Å². The van der Waals surface area contributed by atoms with E-state index in [1.54, 1.807) is 0 Å². The molecule has 0 heterocycles. The second kappa shape index (κ2) is 5.14. The monoisotopic (exact) mass is 209 g/mol. The summed E-state index contributed by atoms with van der Waals surface area (Å²) >= 11 is 0. The molecule has 1 atom stereocenters. The highest BCUT2D eigenvalue weighted by atomic mass is 31.2. The molecule has 0 saturated carbocycles. The summed E-state index contributed by atoms with van der Waals surface area (Å²) in [5.41, 5.74) is 5.12. The first kappa shape index (κ1) is 12.3. The van der Waals surface area contributed by atoms with E-state index >= 15 is 0 Å². The highest BCUT2D eigenvalue weighted by Gasteiger charge is 2.10. The molecule has 0 radical (unpaired) electrons. The minimum Gasteiger partial charge on any atom is -0.480 e. The standard InChI is InChI=1S/C6H12NO5P/c7-5(6(8)9)3-1-2-4-13(10,11)12/h1-2,5H,3-4,7H2,(H,8,9)(H2,10,11,12)/b2-1+. The molecule has 1 unspecified atom stereocenters. The molecule has 0 amide bonds. The van der Waals surface area contributed by atoms with Crippen LogP contribution in [0.4, 0.5) is 0 Å². The summed E-state index contributed by atoms with van der Waals surface area (Å²) < 4.78 is 10.3. The molecule has 7 heteroatoms. The molecule has 0 spiro atoms. The number of hydrogen-bond acceptors (Lipinski definition) is 3. The van der Waals surface area contributed by atoms with E-state index in [0.717, 1.165) is 0 Å². The molecule has 0 fully saturated rings. The van der Waals surface area contributed by atoms with E-state index in [2.05, 4.69) is 0 Å². The summed E-state index contributed by atoms with van der Waals surface area (Å²) in [6.45, 7) is 0. The Hall–Kier alpha value is -0.680. The Morgan fingerprint density at radius 2 is 2.00 bits per heavy atom. The van der Waals surface area contributed by atoms with E-state index in [0.29, 0.717) is 0 Å². The quantitative estimate of drug-likeness (QED) is 0.358. The molecule has 76 valence electrons. The Kier molecular flexibility index (Phi) is 4.87. The normalized spacial score (nSPS) is 14.7. The molecule has 6 nitrogen and oxygen atoms in total. The average Bonchev–Trinajstić information content (AvgIpc) is 1.95. The Bertz CT molecular complexity index is 245. The average molecular weight is 209 g/mol. The SMILES string of the molecule is NC(C/C=C/CP(=O)(O)O)C(=O)O. The Morgan fingerprint density at radius 1 is 1.46 bits per heavy atom. The zero-order valence-electron chi connectivity index (χ0n) is 6.83. The minimum atomic E-state index is -4.02. The number of carboxylic acid groups (broad SMARTS) is 1. The van der Waals surface area contributed by atoms with Gasteiger partial charge in [0.1, 0.15) is 6.04 Å². The number of carboxylic acids is 1. The molecule has 5 N–H and O–H groups in total. The molecule has 0 aliphatic rings. The summed E-state index contributed by atoms with van der Waals surface area (Å²) in [5.74, 6) is -1.14. The van der Waals surface area contributed by atoms with E-state index in [9.17, 15) is 9.36 Å². The van der Waals surface area contributed by atoms with Gasteiger partial charge in [-0.2, -0.15) is 0 Å². The molecule has 0 aromatic carbocycles. The molecule has 0 aromatic rings. The van der Waals surface area contributed by atoms with Gasteiger partial charge in [0.05, 0.1) is 6.16 Å². The van der Waals surface area contributed by atoms with Gasteiger partial charge in [-0.25, -0.2) is 0 Å². The topological polar surface area (TPSA) is 121 Å². The van der Waals surface area contributed by atoms with Crippen LogP contribution in [0.2, 0.25) is 0 Å². The van der Waals surface area contributed by atoms with Gasteiger partial charge in [0, 0.05) is 0 Å². The van der Waals surface area contributed by atoms with Crippen LogP contribution in [-0.4, -0.2) is 33.1 Å². The molecule has 0 aromatic heterocycles. The first-order valence-electron chi connectivity index (χ1n) is 3.51. The summed E-state index contributed by atoms with van der Waals surface area (Å²) in [6, 6.07) is -1.02. The van der Waals surface area contributed by atoms with Gasteiger partial charge in [-0.3, -0.25) is 9.36 Å². The van der Waals surface area contributed by atoms with E-state index < -0.39 is 19.6 Å². The van der Waals surface area contributed by atoms with E-state index in [1.165, 1.54) is 12.2 Å². The Labute approximate surface area is 75.2 Å². The van der Waals surface area contributed by atoms with Crippen molar-refractivity contribution in [2.24, 2.45) is 5.73 Å². The molecule has 0 aliphatic carbocycles. The van der Waals surface area contributed by atoms with Crippen LogP contribution < -0.4 is 5.73 Å². The van der Waals surface area contributed by atoms with Crippen molar-refractivity contribution in [1.29, 1.82) is 0 Å². The lowest BCUT2D eigenvalue weighted by Gasteiger charge is -2.01. The lowest BCUT2D eigenvalue weighted by atomic mass is 10.2. The van der Waals surface area contributed by atoms with Crippen LogP contribution in [-0.2, 0) is 9.36 Å². The number of nitrogens with two attached hydrogens (primary N) is 1. The van der Waals surface area contributed by atoms with Crippen LogP contribution in [0.3, 0.4) is 0 Å². The third kappa shape index (κ3) is 7.67. The number of carbonyl (C=O) groups is 1. The molecule has 13 heavy (non-hydrogen) atoms. The maximum Gasteiger partial charge on any atom is 0.329 e. The molecule has 0 saturated heterocycles. The second-order valence-electron chi connectivity index (χ2n) is 2.50. The minimum absolute atomic E-state index is 0.0648. The lowest BCUT2D eigenvalue weighted by molar-refractivity contribution is -0.138. The first-order valence-corrected chi connectivity index (χ1v) is 5.30. The van der Waals surface area contributed by atoms with Crippen molar-refractivity contribution in [3.63, 3.8) is 0 Å². The second-order valence-corrected chi connectivity index (χ2v) is 4.19. The molecule has 0 rings (SSSR count). The van der Waals surface area contributed by atoms with E-state index in [4.69, 9.17) is 20.6 Å². The molecular weight excluding hydrogens is 197 g/mol. The van der Waals surface area contributed by atoms with Gasteiger partial charge in [-0.1, -0.05) is 12.2 Å². The highest BCUT2D eigenvalue weighted by molar-refractivity contribution is 7.51. The van der Waals surface area contributed by atoms with Gasteiger partial charge in [-0.05, 0) is 6.42 Å². The van der Waals surface area contributed by atoms with Crippen molar-refractivity contribution in [1.82, 2.24) is 0 Å². The fourth-order valence-electron chi connectivity index (χ4n) is 0.556. The summed E-state index contributed by atoms with van der Waals surface area (Å²) in [4.78, 5) is 27.0. The maximum absolute atomic E-state index is 10.3. The zero-order chi connectivity index (χ0) is 10.5. The predicted octanol–water partition coefficient (Wildman–Crippen LogP) is -0.478. The molecule has 0 aliphatic heterocycles. The van der Waals surface area contributed by atoms with Crippen LogP contribution >= 0.6 is 7.60 Å². The maximum atomic E-state index is 10.3. The number of rotatable bonds is 5. The summed E-state index contributed by atoms with van der Waals surface area (Å²) in [6.07, 6.45) is 2.25. The van der Waals surface area contributed by atoms with Crippen molar-refractivity contribution in [2.75, 3.05) is 6.16 Å². The first-order chi connectivity index (χ1) is 5.83. The molecule has 0 bridgehead atoms. The van der Waals surface area contributed by atoms with Crippen LogP contribution in [0.15, 0.2) is 12.2 Å². The lowest BCUT2D eigenvalue weighted by Crippen LogP contribution is -2.29. The highest BCUT2D eigenvalue weighted by Crippen LogP contribution is 2.33. The van der Waals surface area contributed by atoms with Gasteiger partial charge in [0.2, 0.25) is 0 Å². The Balaban J connectivity index is 3.77. The van der Waals surface area contributed by atoms with Gasteiger partial charge in [-0.15, -0.1) is 0 Å². The third-order valence-corrected chi connectivity index (χ3v) is 1.90. The predicted molar refractivity (Wildman–Crippen MR) is 46.3 cm³/mol. The van der Waals surface area contributed by atoms with Crippen molar-refractivity contribution < 1.29 is 24.3 Å². The number of allylic oxidation sites excluding steroid dienone is 1. The van der Waals surface area contributed by atoms with E-state index in [-0.39, 0.29) is 12.6 Å². The zero-order valence-corrected chi connectivity index (χ0v) is 7.72. The number of hydrogen-bond donors (Lipinski definition) is 4. The van der Waals surface area contributed by atoms with Crippen LogP contribution in [0.1, 0.15) is 6.42 Å². The Morgan fingerprint density at radius 3 is 2.38 bits per heavy atom. The van der Waals surface area contributed by atoms with Crippen molar-refractivity contribution in [3.05, 3.63) is 12.2 Å². The van der Waals surface area contributed by atoms with E-state index in [1.807, 2.05) is 0 Å². The van der Waals surface area contributed by atoms with Crippen LogP contribution in [0.25, 0.3) is 0 Å². The third-order valence-electron chi connectivity index (χ3n) is 1.22. The van der Waals surface area contributed by atoms with Crippen molar-refractivity contribution in [3.8, 4) is 0 Å². The molecular formula is C6H12NO5P. The van der Waals surface area contributed by atoms with Gasteiger partial charge in [0.25, 0.3) is 0 Å². The van der Waals surface area contributed by atoms with Gasteiger partial charge >= 0.3 is 13.6 Å². The van der Waals surface area contributed by atoms with Gasteiger partial charge < -0.3 is 20.6 Å². The summed E-state index contributed by atoms with van der Waals surface area (Å²) in [5, 5.41) is 8.33. The summed E-state index contributed by atoms with van der Waals surface area (Å²) in [7, 11) is -4.02.